The molecule has 1 saturated carbocycles. The molecule has 0 spiro atoms. The Balaban J connectivity index is 2.33. The molecule has 0 saturated heterocycles. The fourth-order valence-electron chi connectivity index (χ4n) is 2.12. The van der Waals surface area contributed by atoms with E-state index in [4.69, 9.17) is 22.0 Å². The molecule has 0 unspecified atom stereocenters. The van der Waals surface area contributed by atoms with E-state index in [1.54, 1.807) is 18.2 Å². The van der Waals surface area contributed by atoms with Gasteiger partial charge >= 0.3 is 5.97 Å². The van der Waals surface area contributed by atoms with E-state index in [9.17, 15) is 4.79 Å². The van der Waals surface area contributed by atoms with Crippen molar-refractivity contribution in [3.63, 3.8) is 0 Å². The first kappa shape index (κ1) is 14.4. The van der Waals surface area contributed by atoms with Crippen molar-refractivity contribution in [1.29, 1.82) is 5.26 Å². The van der Waals surface area contributed by atoms with Crippen molar-refractivity contribution in [2.24, 2.45) is 0 Å². The predicted octanol–water partition coefficient (Wildman–Crippen LogP) is 3.32. The van der Waals surface area contributed by atoms with Gasteiger partial charge in [0.15, 0.2) is 0 Å². The lowest BCUT2D eigenvalue weighted by Gasteiger charge is -2.25. The Kier molecular flexibility index (Phi) is 4.65. The van der Waals surface area contributed by atoms with Crippen LogP contribution in [0.1, 0.15) is 24.8 Å². The second kappa shape index (κ2) is 6.44. The van der Waals surface area contributed by atoms with Crippen LogP contribution < -0.4 is 4.90 Å². The molecule has 1 aromatic rings. The lowest BCUT2D eigenvalue weighted by Crippen LogP contribution is -2.27. The minimum Gasteiger partial charge on any atom is -0.478 e. The highest BCUT2D eigenvalue weighted by Gasteiger charge is 2.30. The summed E-state index contributed by atoms with van der Waals surface area (Å²) >= 11 is 6.05. The molecule has 2 rings (SSSR count). The largest absolute Gasteiger partial charge is 0.478 e. The Morgan fingerprint density at radius 1 is 1.55 bits per heavy atom. The van der Waals surface area contributed by atoms with Crippen molar-refractivity contribution in [3.8, 4) is 6.07 Å². The van der Waals surface area contributed by atoms with E-state index in [1.165, 1.54) is 0 Å². The summed E-state index contributed by atoms with van der Waals surface area (Å²) in [6.45, 7) is 0.634. The maximum absolute atomic E-state index is 10.7. The van der Waals surface area contributed by atoms with Gasteiger partial charge in [-0.15, -0.1) is 0 Å². The highest BCUT2D eigenvalue weighted by molar-refractivity contribution is 6.31. The lowest BCUT2D eigenvalue weighted by molar-refractivity contribution is -0.131. The highest BCUT2D eigenvalue weighted by Crippen LogP contribution is 2.35. The molecular weight excluding hydrogens is 276 g/mol. The third-order valence-electron chi connectivity index (χ3n) is 3.16. The molecule has 0 atom stereocenters. The minimum absolute atomic E-state index is 0.429. The fraction of sp³-hybridized carbons (Fsp3) is 0.333. The zero-order chi connectivity index (χ0) is 14.5. The molecule has 0 aromatic heterocycles. The van der Waals surface area contributed by atoms with Gasteiger partial charge in [-0.3, -0.25) is 0 Å². The van der Waals surface area contributed by atoms with Crippen LogP contribution in [0.3, 0.4) is 0 Å². The molecule has 1 aliphatic rings. The maximum atomic E-state index is 10.7. The van der Waals surface area contributed by atoms with Crippen molar-refractivity contribution < 1.29 is 9.90 Å². The molecule has 20 heavy (non-hydrogen) atoms. The van der Waals surface area contributed by atoms with Crippen LogP contribution in [-0.4, -0.2) is 23.7 Å². The number of nitrogens with zero attached hydrogens (tertiary/aromatic N) is 2. The number of hydrogen-bond acceptors (Lipinski definition) is 3. The first-order valence-electron chi connectivity index (χ1n) is 6.46. The third-order valence-corrected chi connectivity index (χ3v) is 3.39. The number of benzene rings is 1. The second-order valence-electron chi connectivity index (χ2n) is 4.71. The van der Waals surface area contributed by atoms with E-state index in [0.717, 1.165) is 30.2 Å². The Morgan fingerprint density at radius 3 is 2.90 bits per heavy atom. The predicted molar refractivity (Wildman–Crippen MR) is 78.7 cm³/mol. The number of anilines is 1. The zero-order valence-corrected chi connectivity index (χ0v) is 11.7. The van der Waals surface area contributed by atoms with Gasteiger partial charge in [-0.05, 0) is 36.6 Å². The van der Waals surface area contributed by atoms with E-state index in [1.807, 2.05) is 6.07 Å². The van der Waals surface area contributed by atoms with Gasteiger partial charge in [0.1, 0.15) is 0 Å². The van der Waals surface area contributed by atoms with Crippen molar-refractivity contribution in [2.75, 3.05) is 11.4 Å². The quantitative estimate of drug-likeness (QED) is 0.816. The van der Waals surface area contributed by atoms with Crippen molar-refractivity contribution in [3.05, 3.63) is 34.9 Å². The minimum atomic E-state index is -0.985. The molecule has 5 heteroatoms. The van der Waals surface area contributed by atoms with Gasteiger partial charge in [-0.25, -0.2) is 4.79 Å². The molecule has 1 aromatic carbocycles. The number of carbonyl (C=O) groups is 1. The fourth-order valence-corrected chi connectivity index (χ4v) is 2.29. The SMILES string of the molecule is N#CCCN(c1cc(Cl)ccc1/C=C/C(=O)O)C1CC1. The number of carboxylic acid groups (broad SMARTS) is 1. The van der Waals surface area contributed by atoms with Gasteiger partial charge in [-0.2, -0.15) is 5.26 Å². The van der Waals surface area contributed by atoms with Crippen molar-refractivity contribution in [1.82, 2.24) is 0 Å². The lowest BCUT2D eigenvalue weighted by atomic mass is 10.1. The average Bonchev–Trinajstić information content (AvgIpc) is 3.22. The Bertz CT molecular complexity index is 574. The molecule has 1 fully saturated rings. The van der Waals surface area contributed by atoms with Gasteiger partial charge in [0.2, 0.25) is 0 Å². The van der Waals surface area contributed by atoms with E-state index < -0.39 is 5.97 Å². The Morgan fingerprint density at radius 2 is 2.30 bits per heavy atom. The van der Waals surface area contributed by atoms with Gasteiger partial charge < -0.3 is 10.0 Å². The Labute approximate surface area is 122 Å². The summed E-state index contributed by atoms with van der Waals surface area (Å²) in [4.78, 5) is 12.8. The van der Waals surface area contributed by atoms with Crippen LogP contribution in [0, 0.1) is 11.3 Å². The van der Waals surface area contributed by atoms with Crippen LogP contribution in [0.2, 0.25) is 5.02 Å². The molecule has 0 radical (unpaired) electrons. The number of halogens is 1. The van der Waals surface area contributed by atoms with E-state index in [2.05, 4.69) is 11.0 Å². The number of nitriles is 1. The molecule has 1 N–H and O–H groups in total. The zero-order valence-electron chi connectivity index (χ0n) is 10.9. The van der Waals surface area contributed by atoms with Crippen molar-refractivity contribution >= 4 is 29.3 Å². The molecule has 0 bridgehead atoms. The van der Waals surface area contributed by atoms with E-state index >= 15 is 0 Å². The topological polar surface area (TPSA) is 64.3 Å². The molecule has 0 aliphatic heterocycles. The number of hydrogen-bond donors (Lipinski definition) is 1. The summed E-state index contributed by atoms with van der Waals surface area (Å²) in [6.07, 6.45) is 5.31. The smallest absolute Gasteiger partial charge is 0.328 e. The summed E-state index contributed by atoms with van der Waals surface area (Å²) in [5.41, 5.74) is 1.70. The highest BCUT2D eigenvalue weighted by atomic mass is 35.5. The maximum Gasteiger partial charge on any atom is 0.328 e. The summed E-state index contributed by atoms with van der Waals surface area (Å²) < 4.78 is 0. The monoisotopic (exact) mass is 290 g/mol. The number of aliphatic carboxylic acids is 1. The normalized spacial score (nSPS) is 14.2. The number of carboxylic acids is 1. The van der Waals surface area contributed by atoms with Crippen LogP contribution in [0.15, 0.2) is 24.3 Å². The summed E-state index contributed by atoms with van der Waals surface area (Å²) in [5, 5.41) is 18.1. The molecule has 0 amide bonds. The first-order chi connectivity index (χ1) is 9.61. The van der Waals surface area contributed by atoms with Gasteiger partial charge in [0, 0.05) is 29.4 Å². The van der Waals surface area contributed by atoms with Gasteiger partial charge in [0.25, 0.3) is 0 Å². The summed E-state index contributed by atoms with van der Waals surface area (Å²) in [7, 11) is 0. The van der Waals surface area contributed by atoms with Crippen LogP contribution >= 0.6 is 11.6 Å². The molecule has 4 nitrogen and oxygen atoms in total. The van der Waals surface area contributed by atoms with E-state index in [0.29, 0.717) is 24.0 Å². The molecule has 0 heterocycles. The standard InChI is InChI=1S/C15H15ClN2O2/c16-12-4-2-11(3-7-15(19)20)14(10-12)18(9-1-8-17)13-5-6-13/h2-4,7,10,13H,1,5-6,9H2,(H,19,20)/b7-3+. The summed E-state index contributed by atoms with van der Waals surface area (Å²) in [5.74, 6) is -0.985. The van der Waals surface area contributed by atoms with Crippen molar-refractivity contribution in [2.45, 2.75) is 25.3 Å². The second-order valence-corrected chi connectivity index (χ2v) is 5.14. The molecule has 1 aliphatic carbocycles. The van der Waals surface area contributed by atoms with Crippen LogP contribution in [0.25, 0.3) is 6.08 Å². The van der Waals surface area contributed by atoms with Crippen LogP contribution in [0.4, 0.5) is 5.69 Å². The first-order valence-corrected chi connectivity index (χ1v) is 6.84. The van der Waals surface area contributed by atoms with Crippen LogP contribution in [-0.2, 0) is 4.79 Å². The van der Waals surface area contributed by atoms with Crippen LogP contribution in [0.5, 0.6) is 0 Å². The summed E-state index contributed by atoms with van der Waals surface area (Å²) in [6, 6.07) is 7.95. The van der Waals surface area contributed by atoms with E-state index in [-0.39, 0.29) is 0 Å². The van der Waals surface area contributed by atoms with Gasteiger partial charge in [0.05, 0.1) is 12.5 Å². The molecule has 104 valence electrons. The average molecular weight is 291 g/mol. The molecular formula is C15H15ClN2O2. The number of rotatable bonds is 6. The van der Waals surface area contributed by atoms with Gasteiger partial charge in [-0.1, -0.05) is 17.7 Å². The third kappa shape index (κ3) is 3.75. The Hall–Kier alpha value is -1.99.